The maximum atomic E-state index is 13.5. The molecular formula is C18H25F2NO. The van der Waals surface area contributed by atoms with Crippen LogP contribution in [0.1, 0.15) is 40.0 Å². The number of carbonyl (C=O) groups is 1. The highest BCUT2D eigenvalue weighted by Crippen LogP contribution is 2.37. The molecule has 0 fully saturated rings. The molecule has 0 saturated carbocycles. The Bertz CT molecular complexity index is 540. The van der Waals surface area contributed by atoms with Crippen LogP contribution >= 0.6 is 0 Å². The van der Waals surface area contributed by atoms with Crippen molar-refractivity contribution in [1.82, 2.24) is 4.90 Å². The van der Waals surface area contributed by atoms with Gasteiger partial charge in [0.15, 0.2) is 5.78 Å². The van der Waals surface area contributed by atoms with Gasteiger partial charge in [-0.2, -0.15) is 0 Å². The maximum absolute atomic E-state index is 13.5. The van der Waals surface area contributed by atoms with Crippen LogP contribution in [0.3, 0.4) is 0 Å². The maximum Gasteiger partial charge on any atom is 0.250 e. The number of hydrogen-bond donors (Lipinski definition) is 0. The second kappa shape index (κ2) is 6.35. The molecule has 1 aliphatic carbocycles. The standard InChI is InChI=1S/C18H25F2NO/c1-5-13-8-14(12(2)22)10-15(9-13)17-7-6-16(11-21(17)4)18(3,19)20/h7-8,10,15-16H,5-6,9,11H2,1-4H3. The van der Waals surface area contributed by atoms with Gasteiger partial charge in [-0.25, -0.2) is 8.78 Å². The predicted octanol–water partition coefficient (Wildman–Crippen LogP) is 4.35. The van der Waals surface area contributed by atoms with Crippen LogP contribution in [0.25, 0.3) is 0 Å². The van der Waals surface area contributed by atoms with Gasteiger partial charge in [-0.05, 0) is 33.1 Å². The number of hydrogen-bond acceptors (Lipinski definition) is 2. The van der Waals surface area contributed by atoms with E-state index in [1.807, 2.05) is 30.2 Å². The summed E-state index contributed by atoms with van der Waals surface area (Å²) in [6.45, 7) is 5.01. The topological polar surface area (TPSA) is 20.3 Å². The van der Waals surface area contributed by atoms with Crippen molar-refractivity contribution >= 4 is 5.78 Å². The van der Waals surface area contributed by atoms with Crippen LogP contribution in [0.15, 0.2) is 35.1 Å². The van der Waals surface area contributed by atoms with Crippen molar-refractivity contribution in [3.8, 4) is 0 Å². The normalized spacial score (nSPS) is 26.3. The fourth-order valence-electron chi connectivity index (χ4n) is 3.27. The number of alkyl halides is 2. The molecule has 1 heterocycles. The van der Waals surface area contributed by atoms with Crippen LogP contribution in [0.2, 0.25) is 0 Å². The number of Topliss-reactive ketones (excluding diaryl/α,β-unsaturated/α-hetero) is 1. The Morgan fingerprint density at radius 3 is 2.64 bits per heavy atom. The lowest BCUT2D eigenvalue weighted by Crippen LogP contribution is -2.39. The molecule has 0 spiro atoms. The number of halogens is 2. The van der Waals surface area contributed by atoms with Gasteiger partial charge in [-0.3, -0.25) is 4.79 Å². The molecule has 1 aliphatic heterocycles. The van der Waals surface area contributed by atoms with E-state index in [0.29, 0.717) is 13.0 Å². The Morgan fingerprint density at radius 2 is 2.14 bits per heavy atom. The van der Waals surface area contributed by atoms with Gasteiger partial charge in [0.25, 0.3) is 0 Å². The van der Waals surface area contributed by atoms with Crippen LogP contribution in [0.5, 0.6) is 0 Å². The van der Waals surface area contributed by atoms with Gasteiger partial charge in [-0.15, -0.1) is 0 Å². The van der Waals surface area contributed by atoms with E-state index >= 15 is 0 Å². The van der Waals surface area contributed by atoms with Gasteiger partial charge in [0.1, 0.15) is 0 Å². The van der Waals surface area contributed by atoms with E-state index in [0.717, 1.165) is 31.0 Å². The number of allylic oxidation sites excluding steroid dienone is 5. The van der Waals surface area contributed by atoms with E-state index in [2.05, 4.69) is 6.92 Å². The second-order valence-electron chi connectivity index (χ2n) is 6.54. The third-order valence-corrected chi connectivity index (χ3v) is 4.73. The van der Waals surface area contributed by atoms with E-state index in [-0.39, 0.29) is 11.7 Å². The lowest BCUT2D eigenvalue weighted by Gasteiger charge is -2.38. The molecule has 2 atom stereocenters. The van der Waals surface area contributed by atoms with Gasteiger partial charge in [-0.1, -0.05) is 30.7 Å². The van der Waals surface area contributed by atoms with Crippen molar-refractivity contribution in [1.29, 1.82) is 0 Å². The minimum absolute atomic E-state index is 0.0627. The van der Waals surface area contributed by atoms with Crippen LogP contribution in [0.4, 0.5) is 8.78 Å². The minimum Gasteiger partial charge on any atom is -0.377 e. The molecule has 0 amide bonds. The summed E-state index contributed by atoms with van der Waals surface area (Å²) in [5.41, 5.74) is 3.05. The summed E-state index contributed by atoms with van der Waals surface area (Å²) >= 11 is 0. The molecule has 4 heteroatoms. The average molecular weight is 309 g/mol. The molecule has 2 rings (SSSR count). The highest BCUT2D eigenvalue weighted by atomic mass is 19.3. The minimum atomic E-state index is -2.66. The van der Waals surface area contributed by atoms with Crippen molar-refractivity contribution in [2.24, 2.45) is 11.8 Å². The molecule has 22 heavy (non-hydrogen) atoms. The molecule has 0 bridgehead atoms. The summed E-state index contributed by atoms with van der Waals surface area (Å²) in [5.74, 6) is -3.11. The fraction of sp³-hybridized carbons (Fsp3) is 0.611. The smallest absolute Gasteiger partial charge is 0.250 e. The van der Waals surface area contributed by atoms with Crippen molar-refractivity contribution < 1.29 is 13.6 Å². The zero-order valence-corrected chi connectivity index (χ0v) is 13.8. The fourth-order valence-corrected chi connectivity index (χ4v) is 3.27. The van der Waals surface area contributed by atoms with Crippen LogP contribution in [-0.2, 0) is 4.79 Å². The number of ketones is 1. The van der Waals surface area contributed by atoms with E-state index < -0.39 is 11.8 Å². The highest BCUT2D eigenvalue weighted by molar-refractivity contribution is 5.96. The quantitative estimate of drug-likeness (QED) is 0.769. The highest BCUT2D eigenvalue weighted by Gasteiger charge is 2.37. The molecular weight excluding hydrogens is 284 g/mol. The van der Waals surface area contributed by atoms with Crippen molar-refractivity contribution in [3.63, 3.8) is 0 Å². The Morgan fingerprint density at radius 1 is 1.45 bits per heavy atom. The molecule has 122 valence electrons. The zero-order chi connectivity index (χ0) is 16.5. The number of rotatable bonds is 4. The van der Waals surface area contributed by atoms with E-state index in [9.17, 15) is 13.6 Å². The second-order valence-corrected chi connectivity index (χ2v) is 6.54. The Hall–Kier alpha value is -1.45. The molecule has 0 aromatic rings. The summed E-state index contributed by atoms with van der Waals surface area (Å²) < 4.78 is 27.0. The predicted molar refractivity (Wildman–Crippen MR) is 84.7 cm³/mol. The molecule has 2 unspecified atom stereocenters. The van der Waals surface area contributed by atoms with E-state index in [1.54, 1.807) is 6.92 Å². The van der Waals surface area contributed by atoms with Crippen molar-refractivity contribution in [3.05, 3.63) is 35.1 Å². The van der Waals surface area contributed by atoms with Crippen LogP contribution < -0.4 is 0 Å². The lowest BCUT2D eigenvalue weighted by molar-refractivity contribution is -0.113. The van der Waals surface area contributed by atoms with Gasteiger partial charge in [0, 0.05) is 36.7 Å². The first-order chi connectivity index (χ1) is 10.2. The summed E-state index contributed by atoms with van der Waals surface area (Å²) in [7, 11) is 1.87. The largest absolute Gasteiger partial charge is 0.377 e. The molecule has 2 nitrogen and oxygen atoms in total. The third-order valence-electron chi connectivity index (χ3n) is 4.73. The molecule has 0 N–H and O–H groups in total. The van der Waals surface area contributed by atoms with Crippen LogP contribution in [-0.4, -0.2) is 30.2 Å². The zero-order valence-electron chi connectivity index (χ0n) is 13.8. The SMILES string of the molecule is CCC1=CC(C(C)=O)=CC(C2=CCC(C(C)(F)F)CN2C)C1. The van der Waals surface area contributed by atoms with E-state index in [4.69, 9.17) is 0 Å². The first-order valence-corrected chi connectivity index (χ1v) is 7.93. The lowest BCUT2D eigenvalue weighted by atomic mass is 9.83. The Kier molecular flexibility index (Phi) is 4.88. The summed E-state index contributed by atoms with van der Waals surface area (Å²) in [5, 5.41) is 0. The summed E-state index contributed by atoms with van der Waals surface area (Å²) in [6, 6.07) is 0. The Balaban J connectivity index is 2.23. The van der Waals surface area contributed by atoms with Crippen LogP contribution in [0, 0.1) is 11.8 Å². The number of carbonyl (C=O) groups excluding carboxylic acids is 1. The monoisotopic (exact) mass is 309 g/mol. The molecule has 0 aromatic carbocycles. The molecule has 2 aliphatic rings. The average Bonchev–Trinajstić information content (AvgIpc) is 2.45. The first kappa shape index (κ1) is 16.9. The van der Waals surface area contributed by atoms with Crippen molar-refractivity contribution in [2.45, 2.75) is 46.0 Å². The van der Waals surface area contributed by atoms with Crippen molar-refractivity contribution in [2.75, 3.05) is 13.6 Å². The summed E-state index contributed by atoms with van der Waals surface area (Å²) in [6.07, 6.45) is 8.08. The molecule has 0 saturated heterocycles. The number of nitrogens with zero attached hydrogens (tertiary/aromatic N) is 1. The summed E-state index contributed by atoms with van der Waals surface area (Å²) in [4.78, 5) is 13.6. The van der Waals surface area contributed by atoms with Gasteiger partial charge < -0.3 is 4.90 Å². The molecule has 0 radical (unpaired) electrons. The van der Waals surface area contributed by atoms with Gasteiger partial charge >= 0.3 is 0 Å². The third kappa shape index (κ3) is 3.65. The van der Waals surface area contributed by atoms with Gasteiger partial charge in [0.05, 0.1) is 0 Å². The molecule has 0 aromatic heterocycles. The Labute approximate surface area is 131 Å². The van der Waals surface area contributed by atoms with Gasteiger partial charge in [0.2, 0.25) is 5.92 Å². The first-order valence-electron chi connectivity index (χ1n) is 7.93. The van der Waals surface area contributed by atoms with E-state index in [1.165, 1.54) is 5.57 Å².